The molecule has 0 radical (unpaired) electrons. The first-order chi connectivity index (χ1) is 30.0. The van der Waals surface area contributed by atoms with E-state index < -0.39 is 0 Å². The van der Waals surface area contributed by atoms with Gasteiger partial charge in [-0.05, 0) is 171 Å². The zero-order chi connectivity index (χ0) is 43.5. The average molecular weight is 827 g/mol. The first kappa shape index (κ1) is 39.4. The van der Waals surface area contributed by atoms with Crippen LogP contribution in [0.5, 0.6) is 0 Å². The molecule has 0 bridgehead atoms. The number of hydrogen-bond acceptors (Lipinski definition) is 3. The highest BCUT2D eigenvalue weighted by Crippen LogP contribution is 2.56. The Bertz CT molecular complexity index is 3080. The van der Waals surface area contributed by atoms with Crippen LogP contribution < -0.4 is 26.2 Å². The van der Waals surface area contributed by atoms with Crippen molar-refractivity contribution in [1.82, 2.24) is 0 Å². The number of furan rings is 1. The smallest absolute Gasteiger partial charge is 0.252 e. The lowest BCUT2D eigenvalue weighted by Crippen LogP contribution is -2.61. The molecule has 3 heterocycles. The summed E-state index contributed by atoms with van der Waals surface area (Å²) in [6.45, 7) is 24.6. The van der Waals surface area contributed by atoms with Crippen LogP contribution in [0.15, 0.2) is 101 Å². The normalized spacial score (nSPS) is 20.1. The number of anilines is 6. The fraction of sp³-hybridized carbons (Fsp3) is 0.390. The molecule has 12 rings (SSSR count). The van der Waals surface area contributed by atoms with Gasteiger partial charge in [-0.2, -0.15) is 0 Å². The van der Waals surface area contributed by atoms with E-state index in [1.165, 1.54) is 145 Å². The molecule has 1 aromatic heterocycles. The minimum atomic E-state index is 0.0353. The van der Waals surface area contributed by atoms with Gasteiger partial charge in [-0.25, -0.2) is 0 Å². The summed E-state index contributed by atoms with van der Waals surface area (Å²) in [7, 11) is 0. The fourth-order valence-electron chi connectivity index (χ4n) is 13.7. The molecule has 7 aromatic rings. The molecule has 3 aliphatic carbocycles. The highest BCUT2D eigenvalue weighted by atomic mass is 16.3. The van der Waals surface area contributed by atoms with Crippen LogP contribution in [0.4, 0.5) is 34.1 Å². The van der Waals surface area contributed by atoms with E-state index in [4.69, 9.17) is 4.42 Å². The van der Waals surface area contributed by atoms with Gasteiger partial charge in [-0.15, -0.1) is 0 Å². The van der Waals surface area contributed by atoms with E-state index >= 15 is 0 Å². The second kappa shape index (κ2) is 13.2. The zero-order valence-corrected chi connectivity index (χ0v) is 39.4. The highest BCUT2D eigenvalue weighted by Gasteiger charge is 2.49. The van der Waals surface area contributed by atoms with Gasteiger partial charge < -0.3 is 14.2 Å². The van der Waals surface area contributed by atoms with Gasteiger partial charge in [-0.3, -0.25) is 0 Å². The van der Waals surface area contributed by atoms with Crippen LogP contribution in [-0.4, -0.2) is 6.71 Å². The molecule has 1 fully saturated rings. The van der Waals surface area contributed by atoms with Crippen LogP contribution >= 0.6 is 0 Å². The van der Waals surface area contributed by atoms with Crippen molar-refractivity contribution >= 4 is 79.2 Å². The molecule has 318 valence electrons. The lowest BCUT2D eigenvalue weighted by Gasteiger charge is -2.47. The van der Waals surface area contributed by atoms with Gasteiger partial charge in [0.05, 0.1) is 11.1 Å². The summed E-state index contributed by atoms with van der Waals surface area (Å²) < 4.78 is 6.76. The minimum Gasteiger partial charge on any atom is -0.456 e. The largest absolute Gasteiger partial charge is 0.456 e. The Morgan fingerprint density at radius 3 is 1.87 bits per heavy atom. The van der Waals surface area contributed by atoms with Gasteiger partial charge in [0, 0.05) is 33.8 Å². The maximum absolute atomic E-state index is 6.76. The molecule has 1 saturated carbocycles. The van der Waals surface area contributed by atoms with E-state index in [0.717, 1.165) is 17.6 Å². The molecular formula is C59H63BN2O. The second-order valence-corrected chi connectivity index (χ2v) is 23.0. The first-order valence-electron chi connectivity index (χ1n) is 24.2. The van der Waals surface area contributed by atoms with E-state index in [-0.39, 0.29) is 28.4 Å². The summed E-state index contributed by atoms with van der Waals surface area (Å²) >= 11 is 0. The van der Waals surface area contributed by atoms with Gasteiger partial charge >= 0.3 is 0 Å². The van der Waals surface area contributed by atoms with Crippen LogP contribution in [-0.2, 0) is 21.7 Å². The van der Waals surface area contributed by atoms with Gasteiger partial charge in [0.2, 0.25) is 0 Å². The Kier molecular flexibility index (Phi) is 8.24. The quantitative estimate of drug-likeness (QED) is 0.165. The number of nitrogens with zero attached hydrogens (tertiary/aromatic N) is 2. The average Bonchev–Trinajstić information content (AvgIpc) is 3.72. The Hall–Kier alpha value is -5.22. The third-order valence-corrected chi connectivity index (χ3v) is 16.9. The van der Waals surface area contributed by atoms with Gasteiger partial charge in [0.25, 0.3) is 6.71 Å². The highest BCUT2D eigenvalue weighted by molar-refractivity contribution is 7.00. The van der Waals surface area contributed by atoms with Crippen molar-refractivity contribution in [1.29, 1.82) is 0 Å². The molecule has 0 N–H and O–H groups in total. The Morgan fingerprint density at radius 2 is 1.14 bits per heavy atom. The number of hydrogen-bond donors (Lipinski definition) is 0. The van der Waals surface area contributed by atoms with Crippen molar-refractivity contribution in [3.63, 3.8) is 0 Å². The number of para-hydroxylation sites is 2. The van der Waals surface area contributed by atoms with E-state index in [1.54, 1.807) is 0 Å². The molecule has 5 aliphatic rings. The van der Waals surface area contributed by atoms with E-state index in [9.17, 15) is 0 Å². The molecule has 0 saturated heterocycles. The number of rotatable bonds is 3. The Morgan fingerprint density at radius 1 is 0.524 bits per heavy atom. The first-order valence-corrected chi connectivity index (χ1v) is 24.2. The molecule has 3 nitrogen and oxygen atoms in total. The maximum atomic E-state index is 6.76. The lowest BCUT2D eigenvalue weighted by molar-refractivity contribution is 0.332. The third kappa shape index (κ3) is 5.58. The van der Waals surface area contributed by atoms with Crippen LogP contribution in [0.2, 0.25) is 0 Å². The van der Waals surface area contributed by atoms with Crippen molar-refractivity contribution in [2.75, 3.05) is 9.80 Å². The van der Waals surface area contributed by atoms with Crippen LogP contribution in [0.3, 0.4) is 0 Å². The van der Waals surface area contributed by atoms with Crippen molar-refractivity contribution in [3.8, 4) is 0 Å². The molecule has 2 aliphatic heterocycles. The second-order valence-electron chi connectivity index (χ2n) is 23.0. The third-order valence-electron chi connectivity index (χ3n) is 16.9. The zero-order valence-electron chi connectivity index (χ0n) is 39.4. The number of fused-ring (bicyclic) bond motifs is 10. The summed E-state index contributed by atoms with van der Waals surface area (Å²) in [4.78, 5) is 5.45. The molecule has 0 spiro atoms. The standard InChI is InChI=1S/C59H63BN2O/c1-35-18-14-16-22-46(35)62-50-30-38(37-19-12-11-13-20-37)29-49-54(50)60(44-24-25-52-53(55(44)62)39-21-15-17-23-51(39)63-52)45-31-41-43(59(9,10)34-58(41,7)8)33-48(45)61(49)47-32-42-40(28-36(47)2)56(3,4)26-27-57(42,5)6/h14-18,21-25,28-33,37H,11-13,19-20,26-27,34H2,1-10H3. The van der Waals surface area contributed by atoms with Crippen LogP contribution in [0, 0.1) is 13.8 Å². The predicted octanol–water partition coefficient (Wildman–Crippen LogP) is 14.6. The predicted molar refractivity (Wildman–Crippen MR) is 269 cm³/mol. The number of aryl methyl sites for hydroxylation is 2. The molecular weight excluding hydrogens is 763 g/mol. The van der Waals surface area contributed by atoms with E-state index in [2.05, 4.69) is 176 Å². The van der Waals surface area contributed by atoms with Crippen molar-refractivity contribution in [2.24, 2.45) is 0 Å². The SMILES string of the molecule is Cc1cc2c(cc1N1c3cc4c(cc3B3c5ccc6oc7ccccc7c6c5N(c5ccccc5C)c5cc(C6CCCCC6)cc1c53)C(C)(C)CC4(C)C)C(C)(C)CCC2(C)C. The minimum absolute atomic E-state index is 0.0353. The number of benzene rings is 6. The van der Waals surface area contributed by atoms with Crippen molar-refractivity contribution in [2.45, 2.75) is 148 Å². The maximum Gasteiger partial charge on any atom is 0.252 e. The van der Waals surface area contributed by atoms with Crippen LogP contribution in [0.1, 0.15) is 152 Å². The lowest BCUT2D eigenvalue weighted by atomic mass is 9.33. The summed E-state index contributed by atoms with van der Waals surface area (Å²) in [6, 6.07) is 38.4. The molecule has 0 amide bonds. The summed E-state index contributed by atoms with van der Waals surface area (Å²) in [5.74, 6) is 0.525. The topological polar surface area (TPSA) is 19.6 Å². The molecule has 0 atom stereocenters. The monoisotopic (exact) mass is 827 g/mol. The molecule has 63 heavy (non-hydrogen) atoms. The fourth-order valence-corrected chi connectivity index (χ4v) is 13.7. The summed E-state index contributed by atoms with van der Waals surface area (Å²) in [5, 5.41) is 2.39. The summed E-state index contributed by atoms with van der Waals surface area (Å²) in [5.41, 5.74) is 24.5. The van der Waals surface area contributed by atoms with Gasteiger partial charge in [-0.1, -0.05) is 129 Å². The molecule has 4 heteroatoms. The summed E-state index contributed by atoms with van der Waals surface area (Å²) in [6.07, 6.45) is 9.95. The van der Waals surface area contributed by atoms with E-state index in [0.29, 0.717) is 5.92 Å². The Balaban J connectivity index is 1.25. The molecule has 6 aromatic carbocycles. The van der Waals surface area contributed by atoms with Gasteiger partial charge in [0.1, 0.15) is 11.2 Å². The Labute approximate surface area is 376 Å². The van der Waals surface area contributed by atoms with Crippen molar-refractivity contribution < 1.29 is 4.42 Å². The van der Waals surface area contributed by atoms with E-state index in [1.807, 2.05) is 0 Å². The van der Waals surface area contributed by atoms with Crippen LogP contribution in [0.25, 0.3) is 21.9 Å². The van der Waals surface area contributed by atoms with Gasteiger partial charge in [0.15, 0.2) is 0 Å². The molecule has 0 unspecified atom stereocenters. The van der Waals surface area contributed by atoms with Crippen molar-refractivity contribution in [3.05, 3.63) is 136 Å².